The molecular weight excluding hydrogens is 1280 g/mol. The quantitative estimate of drug-likeness (QED) is 0.0343. The van der Waals surface area contributed by atoms with Crippen LogP contribution in [-0.4, -0.2) is 39.0 Å². The van der Waals surface area contributed by atoms with E-state index in [2.05, 4.69) is 158 Å². The fourth-order valence-electron chi connectivity index (χ4n) is 14.1. The molecule has 12 heterocycles. The zero-order valence-electron chi connectivity index (χ0n) is 57.6. The molecule has 8 aromatic heterocycles. The Morgan fingerprint density at radius 3 is 0.844 bits per heavy atom. The number of aromatic nitrogens is 12. The molecule has 0 N–H and O–H groups in total. The zero-order valence-corrected chi connectivity index (χ0v) is 63.5. The predicted molar refractivity (Wildman–Crippen MR) is 392 cm³/mol. The molecule has 9 aromatic rings. The molecular formula is C82H90N12Zn2. The number of aryl methyl sites for hydroxylation is 6. The molecule has 0 saturated carbocycles. The Morgan fingerprint density at radius 1 is 0.302 bits per heavy atom. The molecule has 13 rings (SSSR count). The third-order valence-electron chi connectivity index (χ3n) is 19.3. The predicted octanol–water partition coefficient (Wildman–Crippen LogP) is 20.3. The van der Waals surface area contributed by atoms with Gasteiger partial charge in [-0.2, -0.15) is 0 Å². The van der Waals surface area contributed by atoms with Gasteiger partial charge in [-0.3, -0.25) is 0 Å². The van der Waals surface area contributed by atoms with Crippen molar-refractivity contribution in [2.24, 2.45) is 14.1 Å². The first-order valence-corrected chi connectivity index (χ1v) is 35.4. The monoisotopic (exact) mass is 1370 g/mol. The van der Waals surface area contributed by atoms with E-state index in [0.29, 0.717) is 0 Å². The number of benzene rings is 1. The van der Waals surface area contributed by atoms with E-state index < -0.39 is 0 Å². The number of imidazole rings is 2. The van der Waals surface area contributed by atoms with Gasteiger partial charge in [-0.25, -0.2) is 29.9 Å². The number of nitrogens with zero attached hydrogens (tertiary/aromatic N) is 12. The SMILES string of the molecule is CCCCCCCc1c2nc(c(-c3nccn3C)c3ccc([n-]3)c(CCCCCCC)c3nc(c(-c4cccc(-c5c6nc(c(CCCCCCC)c7ccc([n-]7)c(-c7nccn7C)c7nc(c(CCCCCCC)c8ccc5[n-]8)C=C7)C=C6)c4)c4ccc1[n-]4)C=C3)C=C2.[Zn+2].[Zn+2]. The molecule has 4 aliphatic heterocycles. The molecule has 0 unspecified atom stereocenters. The number of fused-ring (bicyclic) bond motifs is 16. The van der Waals surface area contributed by atoms with Gasteiger partial charge in [0, 0.05) is 50.0 Å². The Balaban J connectivity index is 0.00000468. The van der Waals surface area contributed by atoms with Crippen LogP contribution in [0.5, 0.6) is 0 Å². The van der Waals surface area contributed by atoms with Crippen molar-refractivity contribution in [3.63, 3.8) is 0 Å². The van der Waals surface area contributed by atoms with Gasteiger partial charge in [-0.1, -0.05) is 197 Å². The Morgan fingerprint density at radius 2 is 0.562 bits per heavy atom. The molecule has 0 atom stereocenters. The largest absolute Gasteiger partial charge is 2.00 e. The van der Waals surface area contributed by atoms with Gasteiger partial charge in [0.1, 0.15) is 11.6 Å². The van der Waals surface area contributed by atoms with Crippen molar-refractivity contribution >= 4 is 92.7 Å². The molecule has 1 aromatic carbocycles. The van der Waals surface area contributed by atoms with E-state index in [4.69, 9.17) is 49.8 Å². The van der Waals surface area contributed by atoms with Gasteiger partial charge in [-0.05, 0) is 151 Å². The van der Waals surface area contributed by atoms with Crippen LogP contribution in [0.15, 0.2) is 97.6 Å². The van der Waals surface area contributed by atoms with E-state index in [1.807, 2.05) is 38.9 Å². The molecule has 96 heavy (non-hydrogen) atoms. The van der Waals surface area contributed by atoms with Gasteiger partial charge >= 0.3 is 39.0 Å². The van der Waals surface area contributed by atoms with Gasteiger partial charge in [-0.15, -0.1) is 44.1 Å². The number of hydrogen-bond donors (Lipinski definition) is 0. The molecule has 4 aliphatic rings. The zero-order chi connectivity index (χ0) is 64.3. The molecule has 0 radical (unpaired) electrons. The summed E-state index contributed by atoms with van der Waals surface area (Å²) >= 11 is 0. The van der Waals surface area contributed by atoms with Crippen molar-refractivity contribution in [3.05, 3.63) is 165 Å². The summed E-state index contributed by atoms with van der Waals surface area (Å²) in [6.07, 6.45) is 51.8. The minimum atomic E-state index is 0. The van der Waals surface area contributed by atoms with Crippen LogP contribution in [0, 0.1) is 0 Å². The maximum absolute atomic E-state index is 5.70. The summed E-state index contributed by atoms with van der Waals surface area (Å²) in [7, 11) is 4.10. The third kappa shape index (κ3) is 15.3. The molecule has 0 aliphatic carbocycles. The van der Waals surface area contributed by atoms with Gasteiger partial charge < -0.3 is 29.1 Å². The fourth-order valence-corrected chi connectivity index (χ4v) is 14.1. The van der Waals surface area contributed by atoms with Crippen molar-refractivity contribution < 1.29 is 39.0 Å². The van der Waals surface area contributed by atoms with E-state index in [1.165, 1.54) is 77.0 Å². The van der Waals surface area contributed by atoms with Crippen LogP contribution < -0.4 is 19.9 Å². The van der Waals surface area contributed by atoms with Gasteiger partial charge in [0.2, 0.25) is 0 Å². The molecule has 12 nitrogen and oxygen atoms in total. The van der Waals surface area contributed by atoms with Crippen molar-refractivity contribution in [1.82, 2.24) is 59.0 Å². The van der Waals surface area contributed by atoms with Crippen LogP contribution >= 0.6 is 0 Å². The summed E-state index contributed by atoms with van der Waals surface area (Å²) < 4.78 is 4.15. The summed E-state index contributed by atoms with van der Waals surface area (Å²) in [5, 5.41) is 0. The van der Waals surface area contributed by atoms with E-state index in [9.17, 15) is 0 Å². The van der Waals surface area contributed by atoms with E-state index in [0.717, 1.165) is 234 Å². The van der Waals surface area contributed by atoms with E-state index >= 15 is 0 Å². The summed E-state index contributed by atoms with van der Waals surface area (Å²) in [5.41, 5.74) is 24.6. The van der Waals surface area contributed by atoms with Crippen LogP contribution in [0.3, 0.4) is 0 Å². The van der Waals surface area contributed by atoms with Gasteiger partial charge in [0.15, 0.2) is 0 Å². The summed E-state index contributed by atoms with van der Waals surface area (Å²) in [5.74, 6) is 1.66. The maximum atomic E-state index is 5.70. The number of hydrogen-bond acceptors (Lipinski definition) is 6. The summed E-state index contributed by atoms with van der Waals surface area (Å²) in [6.45, 7) is 9.10. The van der Waals surface area contributed by atoms with Crippen molar-refractivity contribution in [3.8, 4) is 45.0 Å². The van der Waals surface area contributed by atoms with Crippen LogP contribution in [0.2, 0.25) is 0 Å². The Bertz CT molecular complexity index is 4370. The first kappa shape index (κ1) is 69.4. The van der Waals surface area contributed by atoms with Crippen LogP contribution in [-0.2, 0) is 78.7 Å². The van der Waals surface area contributed by atoms with Crippen molar-refractivity contribution in [2.75, 3.05) is 0 Å². The Hall–Kier alpha value is -7.91. The van der Waals surface area contributed by atoms with Crippen LogP contribution in [0.1, 0.15) is 224 Å². The molecule has 482 valence electrons. The van der Waals surface area contributed by atoms with Gasteiger partial charge in [0.25, 0.3) is 0 Å². The molecule has 16 bridgehead atoms. The maximum Gasteiger partial charge on any atom is 2.00 e. The minimum absolute atomic E-state index is 0. The normalized spacial score (nSPS) is 12.3. The fraction of sp³-hybridized carbons (Fsp3) is 0.366. The van der Waals surface area contributed by atoms with Crippen LogP contribution in [0.25, 0.3) is 138 Å². The molecule has 0 fully saturated rings. The van der Waals surface area contributed by atoms with E-state index in [1.54, 1.807) is 0 Å². The third-order valence-corrected chi connectivity index (χ3v) is 19.3. The number of unbranched alkanes of at least 4 members (excludes halogenated alkanes) is 16. The second-order valence-electron chi connectivity index (χ2n) is 26.1. The second-order valence-corrected chi connectivity index (χ2v) is 26.1. The van der Waals surface area contributed by atoms with Crippen molar-refractivity contribution in [2.45, 2.75) is 182 Å². The standard InChI is InChI=1S/C82H90N12.2Zn/c1-7-11-15-19-23-30-57-61-34-42-69(85-61)77(70-43-35-62(86-70)58(31-24-20-16-12-8-2)66-39-47-74(90-66)79(73-46-38-65(57)89-73)81-83-50-52-93(81)5)55-28-27-29-56(54-55)78-71-44-36-63(87-71)59(32-25-21-17-13-9-3)67-40-48-75(91-67)80(82-84-51-53-94(82)6)76-49-41-68(92-76)60(33-26-22-18-14-10-4)64-37-45-72(78)88-64;;/h27-29,34-54H,7-26,30-33H2,1-6H3;;/q-4;2*+2. The van der Waals surface area contributed by atoms with Crippen LogP contribution in [0.4, 0.5) is 0 Å². The Labute approximate surface area is 592 Å². The Kier molecular flexibility index (Phi) is 23.8. The summed E-state index contributed by atoms with van der Waals surface area (Å²) in [6, 6.07) is 26.5. The summed E-state index contributed by atoms with van der Waals surface area (Å²) in [4.78, 5) is 54.7. The smallest absolute Gasteiger partial charge is 0.657 e. The van der Waals surface area contributed by atoms with Crippen molar-refractivity contribution in [1.29, 1.82) is 0 Å². The second kappa shape index (κ2) is 32.9. The average Bonchev–Trinajstić information content (AvgIpc) is 1.62. The first-order chi connectivity index (χ1) is 46.3. The molecule has 0 saturated heterocycles. The first-order valence-electron chi connectivity index (χ1n) is 35.4. The molecule has 0 spiro atoms. The van der Waals surface area contributed by atoms with Gasteiger partial charge in [0.05, 0.1) is 45.6 Å². The van der Waals surface area contributed by atoms with E-state index in [-0.39, 0.29) is 39.0 Å². The topological polar surface area (TPSA) is 144 Å². The number of rotatable bonds is 28. The molecule has 14 heteroatoms. The molecule has 0 amide bonds. The average molecular weight is 1370 g/mol. The minimum Gasteiger partial charge on any atom is -0.657 e.